The maximum atomic E-state index is 3.96. The fourth-order valence-corrected chi connectivity index (χ4v) is 8.77. The van der Waals surface area contributed by atoms with Gasteiger partial charge in [-0.05, 0) is 121 Å². The molecular weight excluding hydrogens is 729 g/mol. The van der Waals surface area contributed by atoms with Crippen LogP contribution >= 0.6 is 0 Å². The summed E-state index contributed by atoms with van der Waals surface area (Å²) in [5.41, 5.74) is 15.9. The Kier molecular flexibility index (Phi) is 9.64. The van der Waals surface area contributed by atoms with Crippen LogP contribution in [0.5, 0.6) is 0 Å². The van der Waals surface area contributed by atoms with Crippen molar-refractivity contribution in [2.45, 2.75) is 13.3 Å². The molecule has 0 saturated carbocycles. The molecule has 0 saturated heterocycles. The van der Waals surface area contributed by atoms with Crippen LogP contribution in [0.1, 0.15) is 18.2 Å². The highest BCUT2D eigenvalue weighted by atomic mass is 15.1. The van der Waals surface area contributed by atoms with Crippen LogP contribution in [0.2, 0.25) is 0 Å². The van der Waals surface area contributed by atoms with Crippen LogP contribution in [0.4, 0.5) is 28.4 Å². The van der Waals surface area contributed by atoms with Gasteiger partial charge in [0.25, 0.3) is 0 Å². The van der Waals surface area contributed by atoms with E-state index in [-0.39, 0.29) is 0 Å². The summed E-state index contributed by atoms with van der Waals surface area (Å²) in [7, 11) is 0. The molecule has 2 heterocycles. The molecule has 8 aromatic carbocycles. The molecule has 0 fully saturated rings. The van der Waals surface area contributed by atoms with Crippen LogP contribution in [0.25, 0.3) is 61.3 Å². The quantitative estimate of drug-likeness (QED) is 0.132. The normalized spacial score (nSPS) is 11.5. The predicted octanol–water partition coefficient (Wildman–Crippen LogP) is 15.4. The first-order valence-electron chi connectivity index (χ1n) is 20.6. The number of nitrogens with zero attached hydrogens (tertiary/aromatic N) is 3. The van der Waals surface area contributed by atoms with Gasteiger partial charge in [0.05, 0.1) is 22.2 Å². The van der Waals surface area contributed by atoms with Crippen LogP contribution in [0.3, 0.4) is 0 Å². The standard InChI is InChI=1S/C56H44N4/c1-3-5-24-53-47(4-2)49-20-10-14-25-54(49)59(53)45-36-32-43(33-37-45)58(42-30-28-41(29-31-42)57-52-23-13-9-19-48(52)40-17-7-6-8-18-40)44-34-38-46(39-35-44)60-55-26-15-11-21-50(55)51-22-12-16-27-56(51)60/h3,5-39,57H,1,4H2,2H3/b24-5-. The summed E-state index contributed by atoms with van der Waals surface area (Å²) in [6.07, 6.45) is 6.99. The highest BCUT2D eigenvalue weighted by molar-refractivity contribution is 6.09. The molecule has 0 spiro atoms. The van der Waals surface area contributed by atoms with Crippen LogP contribution < -0.4 is 10.2 Å². The van der Waals surface area contributed by atoms with E-state index in [1.165, 1.54) is 49.5 Å². The molecule has 0 aliphatic carbocycles. The number of para-hydroxylation sites is 4. The van der Waals surface area contributed by atoms with E-state index < -0.39 is 0 Å². The number of anilines is 5. The molecule has 1 N–H and O–H groups in total. The maximum Gasteiger partial charge on any atom is 0.0541 e. The van der Waals surface area contributed by atoms with E-state index in [1.54, 1.807) is 0 Å². The number of allylic oxidation sites excluding steroid dienone is 2. The predicted molar refractivity (Wildman–Crippen MR) is 256 cm³/mol. The Morgan fingerprint density at radius 2 is 0.983 bits per heavy atom. The lowest BCUT2D eigenvalue weighted by atomic mass is 10.0. The number of aryl methyl sites for hydroxylation is 1. The molecule has 4 heteroatoms. The highest BCUT2D eigenvalue weighted by Crippen LogP contribution is 2.39. The first-order chi connectivity index (χ1) is 29.7. The topological polar surface area (TPSA) is 25.1 Å². The molecule has 288 valence electrons. The first-order valence-corrected chi connectivity index (χ1v) is 20.6. The monoisotopic (exact) mass is 772 g/mol. The van der Waals surface area contributed by atoms with Gasteiger partial charge in [-0.15, -0.1) is 0 Å². The van der Waals surface area contributed by atoms with Crippen molar-refractivity contribution in [2.75, 3.05) is 10.2 Å². The van der Waals surface area contributed by atoms with Crippen molar-refractivity contribution < 1.29 is 0 Å². The Labute approximate surface area is 351 Å². The lowest BCUT2D eigenvalue weighted by molar-refractivity contribution is 1.06. The van der Waals surface area contributed by atoms with Crippen LogP contribution in [-0.2, 0) is 6.42 Å². The van der Waals surface area contributed by atoms with Gasteiger partial charge in [0.2, 0.25) is 0 Å². The van der Waals surface area contributed by atoms with E-state index in [4.69, 9.17) is 0 Å². The SMILES string of the molecule is C=C/C=C\c1c(CC)c2ccccc2n1-c1ccc(N(c2ccc(Nc3ccccc3-c3ccccc3)cc2)c2ccc(-n3c4ccccc4c4ccccc43)cc2)cc1. The minimum atomic E-state index is 0.934. The summed E-state index contributed by atoms with van der Waals surface area (Å²) in [4.78, 5) is 2.34. The number of fused-ring (bicyclic) bond motifs is 4. The van der Waals surface area contributed by atoms with Crippen molar-refractivity contribution in [2.24, 2.45) is 0 Å². The average molecular weight is 773 g/mol. The van der Waals surface area contributed by atoms with Crippen molar-refractivity contribution in [3.05, 3.63) is 230 Å². The van der Waals surface area contributed by atoms with Gasteiger partial charge in [-0.25, -0.2) is 0 Å². The van der Waals surface area contributed by atoms with E-state index in [1.807, 2.05) is 12.2 Å². The van der Waals surface area contributed by atoms with E-state index in [0.29, 0.717) is 0 Å². The Hall–Kier alpha value is -7.82. The number of nitrogens with one attached hydrogen (secondary N) is 1. The molecule has 0 unspecified atom stereocenters. The zero-order chi connectivity index (χ0) is 40.4. The third kappa shape index (κ3) is 6.54. The lowest BCUT2D eigenvalue weighted by Gasteiger charge is -2.26. The second-order valence-corrected chi connectivity index (χ2v) is 15.0. The molecular formula is C56H44N4. The van der Waals surface area contributed by atoms with Crippen LogP contribution in [0.15, 0.2) is 219 Å². The third-order valence-corrected chi connectivity index (χ3v) is 11.5. The Balaban J connectivity index is 1.06. The molecule has 0 amide bonds. The molecule has 0 bridgehead atoms. The fraction of sp³-hybridized carbons (Fsp3) is 0.0357. The van der Waals surface area contributed by atoms with Crippen LogP contribution in [0, 0.1) is 0 Å². The lowest BCUT2D eigenvalue weighted by Crippen LogP contribution is -2.10. The molecule has 10 aromatic rings. The smallest absolute Gasteiger partial charge is 0.0541 e. The van der Waals surface area contributed by atoms with Crippen molar-refractivity contribution >= 4 is 67.2 Å². The van der Waals surface area contributed by atoms with Crippen LogP contribution in [-0.4, -0.2) is 9.13 Å². The Morgan fingerprint density at radius 3 is 1.57 bits per heavy atom. The molecule has 2 aromatic heterocycles. The number of aromatic nitrogens is 2. The van der Waals surface area contributed by atoms with Gasteiger partial charge in [-0.2, -0.15) is 0 Å². The second kappa shape index (κ2) is 15.8. The summed E-state index contributed by atoms with van der Waals surface area (Å²) in [5.74, 6) is 0. The maximum absolute atomic E-state index is 3.96. The Bertz CT molecular complexity index is 3100. The zero-order valence-corrected chi connectivity index (χ0v) is 33.5. The van der Waals surface area contributed by atoms with Gasteiger partial charge < -0.3 is 19.4 Å². The van der Waals surface area contributed by atoms with Crippen molar-refractivity contribution in [1.82, 2.24) is 9.13 Å². The van der Waals surface area contributed by atoms with E-state index >= 15 is 0 Å². The van der Waals surface area contributed by atoms with Crippen molar-refractivity contribution in [1.29, 1.82) is 0 Å². The van der Waals surface area contributed by atoms with Gasteiger partial charge in [0, 0.05) is 61.5 Å². The summed E-state index contributed by atoms with van der Waals surface area (Å²) in [5, 5.41) is 7.48. The highest BCUT2D eigenvalue weighted by Gasteiger charge is 2.18. The average Bonchev–Trinajstić information content (AvgIpc) is 3.82. The van der Waals surface area contributed by atoms with Crippen molar-refractivity contribution in [3.63, 3.8) is 0 Å². The summed E-state index contributed by atoms with van der Waals surface area (Å²) >= 11 is 0. The first kappa shape index (κ1) is 36.5. The van der Waals surface area contributed by atoms with Gasteiger partial charge in [-0.3, -0.25) is 0 Å². The number of hydrogen-bond acceptors (Lipinski definition) is 2. The molecule has 4 nitrogen and oxygen atoms in total. The fourth-order valence-electron chi connectivity index (χ4n) is 8.77. The summed E-state index contributed by atoms with van der Waals surface area (Å²) in [6.45, 7) is 6.19. The van der Waals surface area contributed by atoms with Gasteiger partial charge in [-0.1, -0.05) is 129 Å². The molecule has 0 radical (unpaired) electrons. The van der Waals surface area contributed by atoms with E-state index in [0.717, 1.165) is 51.8 Å². The van der Waals surface area contributed by atoms with Gasteiger partial charge >= 0.3 is 0 Å². The van der Waals surface area contributed by atoms with Crippen molar-refractivity contribution in [3.8, 4) is 22.5 Å². The minimum absolute atomic E-state index is 0.934. The van der Waals surface area contributed by atoms with Gasteiger partial charge in [0.1, 0.15) is 0 Å². The second-order valence-electron chi connectivity index (χ2n) is 15.0. The number of benzene rings is 8. The minimum Gasteiger partial charge on any atom is -0.355 e. The van der Waals surface area contributed by atoms with E-state index in [2.05, 4.69) is 239 Å². The summed E-state index contributed by atoms with van der Waals surface area (Å²) < 4.78 is 4.74. The molecule has 0 atom stereocenters. The molecule has 60 heavy (non-hydrogen) atoms. The summed E-state index contributed by atoms with van der Waals surface area (Å²) in [6, 6.07) is 71.7. The largest absolute Gasteiger partial charge is 0.355 e. The third-order valence-electron chi connectivity index (χ3n) is 11.5. The zero-order valence-electron chi connectivity index (χ0n) is 33.5. The molecule has 0 aliphatic heterocycles. The number of hydrogen-bond donors (Lipinski definition) is 1. The molecule has 0 aliphatic rings. The molecule has 10 rings (SSSR count). The van der Waals surface area contributed by atoms with Gasteiger partial charge in [0.15, 0.2) is 0 Å². The Morgan fingerprint density at radius 1 is 0.500 bits per heavy atom. The number of rotatable bonds is 11. The van der Waals surface area contributed by atoms with E-state index in [9.17, 15) is 0 Å².